The van der Waals surface area contributed by atoms with Crippen LogP contribution >= 0.6 is 0 Å². The lowest BCUT2D eigenvalue weighted by atomic mass is 9.47. The average Bonchev–Trinajstić information content (AvgIpc) is 2.77. The minimum Gasteiger partial charge on any atom is -0.370 e. The maximum Gasteiger partial charge on any atom is 0.131 e. The molecule has 1 aliphatic heterocycles. The number of hydrogen-bond acceptors (Lipinski definition) is 4. The van der Waals surface area contributed by atoms with Gasteiger partial charge in [0.25, 0.3) is 0 Å². The fourth-order valence-corrected chi connectivity index (χ4v) is 7.11. The third-order valence-corrected chi connectivity index (χ3v) is 10.2. The monoisotopic (exact) mass is 454 g/mol. The van der Waals surface area contributed by atoms with E-state index in [4.69, 9.17) is 0 Å². The van der Waals surface area contributed by atoms with Crippen LogP contribution in [0.2, 0.25) is 0 Å². The molecule has 1 saturated heterocycles. The largest absolute Gasteiger partial charge is 0.370 e. The Kier molecular flexibility index (Phi) is 5.36. The second kappa shape index (κ2) is 8.29. The number of pyridine rings is 1. The number of rotatable bonds is 5. The maximum absolute atomic E-state index is 9.29. The van der Waals surface area contributed by atoms with E-state index in [0.29, 0.717) is 22.3 Å². The van der Waals surface area contributed by atoms with E-state index in [-0.39, 0.29) is 0 Å². The number of aromatic nitrogens is 1. The molecule has 4 aliphatic rings. The molecule has 0 unspecified atom stereocenters. The molecule has 0 amide bonds. The molecule has 2 aromatic rings. The van der Waals surface area contributed by atoms with Gasteiger partial charge in [0.2, 0.25) is 0 Å². The summed E-state index contributed by atoms with van der Waals surface area (Å²) in [5.41, 5.74) is 5.57. The molecule has 1 spiro atoms. The highest BCUT2D eigenvalue weighted by molar-refractivity contribution is 5.67. The Morgan fingerprint density at radius 3 is 2.35 bits per heavy atom. The van der Waals surface area contributed by atoms with Crippen LogP contribution in [-0.4, -0.2) is 18.1 Å². The van der Waals surface area contributed by atoms with Crippen LogP contribution in [0.25, 0.3) is 0 Å². The lowest BCUT2D eigenvalue weighted by Gasteiger charge is -2.66. The summed E-state index contributed by atoms with van der Waals surface area (Å²) < 4.78 is 0. The molecule has 34 heavy (non-hydrogen) atoms. The molecular formula is C30H38N4. The summed E-state index contributed by atoms with van der Waals surface area (Å²) in [6.07, 6.45) is 14.3. The third kappa shape index (κ3) is 3.78. The molecule has 3 saturated carbocycles. The normalized spacial score (nSPS) is 27.3. The second-order valence-electron chi connectivity index (χ2n) is 12.3. The van der Waals surface area contributed by atoms with Crippen molar-refractivity contribution in [2.75, 3.05) is 23.3 Å². The fourth-order valence-electron chi connectivity index (χ4n) is 7.11. The van der Waals surface area contributed by atoms with Crippen molar-refractivity contribution in [3.8, 4) is 6.07 Å². The maximum atomic E-state index is 9.29. The molecule has 1 aromatic carbocycles. The van der Waals surface area contributed by atoms with Gasteiger partial charge in [-0.2, -0.15) is 5.26 Å². The van der Waals surface area contributed by atoms with E-state index in [1.54, 1.807) is 12.3 Å². The van der Waals surface area contributed by atoms with Crippen LogP contribution in [0.15, 0.2) is 36.5 Å². The summed E-state index contributed by atoms with van der Waals surface area (Å²) in [5, 5.41) is 12.8. The van der Waals surface area contributed by atoms with E-state index >= 15 is 0 Å². The van der Waals surface area contributed by atoms with Crippen molar-refractivity contribution in [2.24, 2.45) is 22.7 Å². The lowest BCUT2D eigenvalue weighted by Crippen LogP contribution is -2.68. The lowest BCUT2D eigenvalue weighted by molar-refractivity contribution is -0.0742. The topological polar surface area (TPSA) is 52.0 Å². The molecule has 4 fully saturated rings. The fraction of sp³-hybridized carbons (Fsp3) is 0.600. The molecule has 3 aliphatic carbocycles. The van der Waals surface area contributed by atoms with E-state index < -0.39 is 0 Å². The van der Waals surface area contributed by atoms with Crippen LogP contribution in [0.5, 0.6) is 0 Å². The van der Waals surface area contributed by atoms with Gasteiger partial charge in [0.15, 0.2) is 0 Å². The summed E-state index contributed by atoms with van der Waals surface area (Å²) >= 11 is 0. The standard InChI is InChI=1S/C30H38N4/c1-29(2)11-12-30(29)19-34(20-30)27-16-25(24-8-6-23(7-9-24)22-4-3-5-22)15-26(17-27)33-28-14-21(18-31)10-13-32-28/h10,13-17,22-24H,3-9,11-12,19-20H2,1-2H3,(H,32,33). The quantitative estimate of drug-likeness (QED) is 0.511. The number of nitrogens with zero attached hydrogens (tertiary/aromatic N) is 3. The zero-order valence-corrected chi connectivity index (χ0v) is 20.8. The van der Waals surface area contributed by atoms with Crippen LogP contribution in [0.1, 0.15) is 88.7 Å². The van der Waals surface area contributed by atoms with Crippen LogP contribution in [-0.2, 0) is 0 Å². The van der Waals surface area contributed by atoms with E-state index in [9.17, 15) is 5.26 Å². The van der Waals surface area contributed by atoms with Gasteiger partial charge in [-0.05, 0) is 97.6 Å². The SMILES string of the molecule is CC1(C)CCC12CN(c1cc(Nc3cc(C#N)ccn3)cc(C3CCC(C4CCC4)CC3)c1)C2. The molecule has 0 bridgehead atoms. The molecule has 1 N–H and O–H groups in total. The highest BCUT2D eigenvalue weighted by atomic mass is 15.2. The molecule has 6 rings (SSSR count). The first kappa shape index (κ1) is 22.0. The number of hydrogen-bond donors (Lipinski definition) is 1. The van der Waals surface area contributed by atoms with Gasteiger partial charge in [-0.1, -0.05) is 33.1 Å². The molecule has 4 nitrogen and oxygen atoms in total. The third-order valence-electron chi connectivity index (χ3n) is 10.2. The average molecular weight is 455 g/mol. The van der Waals surface area contributed by atoms with Crippen LogP contribution in [0, 0.1) is 34.0 Å². The Morgan fingerprint density at radius 1 is 0.971 bits per heavy atom. The summed E-state index contributed by atoms with van der Waals surface area (Å²) in [4.78, 5) is 7.06. The first-order valence-corrected chi connectivity index (χ1v) is 13.5. The molecule has 0 radical (unpaired) electrons. The molecule has 4 heteroatoms. The summed E-state index contributed by atoms with van der Waals surface area (Å²) in [5.74, 6) is 3.40. The highest BCUT2D eigenvalue weighted by Gasteiger charge is 2.59. The minimum absolute atomic E-state index is 0.476. The van der Waals surface area contributed by atoms with Crippen molar-refractivity contribution in [1.82, 2.24) is 4.98 Å². The molecule has 178 valence electrons. The Labute approximate surface area is 204 Å². The van der Waals surface area contributed by atoms with E-state index in [2.05, 4.69) is 53.3 Å². The van der Waals surface area contributed by atoms with Crippen molar-refractivity contribution in [2.45, 2.75) is 77.6 Å². The zero-order chi connectivity index (χ0) is 23.3. The van der Waals surface area contributed by atoms with Crippen molar-refractivity contribution in [3.63, 3.8) is 0 Å². The van der Waals surface area contributed by atoms with E-state index in [1.807, 2.05) is 6.07 Å². The summed E-state index contributed by atoms with van der Waals surface area (Å²) in [6.45, 7) is 7.26. The van der Waals surface area contributed by atoms with Gasteiger partial charge >= 0.3 is 0 Å². The Balaban J connectivity index is 1.24. The van der Waals surface area contributed by atoms with Crippen LogP contribution < -0.4 is 10.2 Å². The first-order valence-electron chi connectivity index (χ1n) is 13.5. The van der Waals surface area contributed by atoms with Crippen molar-refractivity contribution in [3.05, 3.63) is 47.7 Å². The number of nitriles is 1. The molecule has 2 heterocycles. The van der Waals surface area contributed by atoms with E-state index in [0.717, 1.165) is 23.3 Å². The van der Waals surface area contributed by atoms with Gasteiger partial charge in [0.05, 0.1) is 11.6 Å². The van der Waals surface area contributed by atoms with Crippen molar-refractivity contribution in [1.29, 1.82) is 5.26 Å². The highest BCUT2D eigenvalue weighted by Crippen LogP contribution is 2.61. The van der Waals surface area contributed by atoms with Crippen LogP contribution in [0.4, 0.5) is 17.2 Å². The Bertz CT molecular complexity index is 1100. The predicted molar refractivity (Wildman–Crippen MR) is 138 cm³/mol. The molecule has 0 atom stereocenters. The van der Waals surface area contributed by atoms with Crippen molar-refractivity contribution >= 4 is 17.2 Å². The summed E-state index contributed by atoms with van der Waals surface area (Å²) in [7, 11) is 0. The zero-order valence-electron chi connectivity index (χ0n) is 20.8. The number of nitrogens with one attached hydrogen (secondary N) is 1. The van der Waals surface area contributed by atoms with Gasteiger partial charge in [0, 0.05) is 36.1 Å². The van der Waals surface area contributed by atoms with Gasteiger partial charge < -0.3 is 10.2 Å². The van der Waals surface area contributed by atoms with E-state index in [1.165, 1.54) is 82.1 Å². The Hall–Kier alpha value is -2.54. The number of benzene rings is 1. The smallest absolute Gasteiger partial charge is 0.131 e. The first-order chi connectivity index (χ1) is 16.4. The predicted octanol–water partition coefficient (Wildman–Crippen LogP) is 7.40. The summed E-state index contributed by atoms with van der Waals surface area (Å²) in [6, 6.07) is 13.0. The Morgan fingerprint density at radius 2 is 1.74 bits per heavy atom. The minimum atomic E-state index is 0.476. The number of anilines is 3. The van der Waals surface area contributed by atoms with Gasteiger partial charge in [-0.25, -0.2) is 4.98 Å². The molecule has 1 aromatic heterocycles. The van der Waals surface area contributed by atoms with Gasteiger partial charge in [-0.3, -0.25) is 0 Å². The van der Waals surface area contributed by atoms with Crippen LogP contribution in [0.3, 0.4) is 0 Å². The molecular weight excluding hydrogens is 416 g/mol. The van der Waals surface area contributed by atoms with Gasteiger partial charge in [0.1, 0.15) is 5.82 Å². The van der Waals surface area contributed by atoms with Gasteiger partial charge in [-0.15, -0.1) is 0 Å². The second-order valence-corrected chi connectivity index (χ2v) is 12.3. The van der Waals surface area contributed by atoms with Crippen molar-refractivity contribution < 1.29 is 0 Å².